The van der Waals surface area contributed by atoms with Crippen molar-refractivity contribution in [2.45, 2.75) is 50.2 Å². The molecule has 0 spiro atoms. The standard InChI is InChI=1S/C14H23N3O3S/c1-9-7-11(16-15)8-10(2)14(9)21(18,19)17-12-5-4-6-13(12)20-3/h7-8,12-13,16-17H,4-6,15H2,1-3H3. The molecule has 0 aromatic heterocycles. The van der Waals surface area contributed by atoms with Crippen LogP contribution in [-0.2, 0) is 14.8 Å². The zero-order chi connectivity index (χ0) is 15.6. The molecule has 0 bridgehead atoms. The fourth-order valence-corrected chi connectivity index (χ4v) is 4.81. The van der Waals surface area contributed by atoms with Crippen LogP contribution in [0.4, 0.5) is 5.69 Å². The van der Waals surface area contributed by atoms with E-state index in [2.05, 4.69) is 10.1 Å². The lowest BCUT2D eigenvalue weighted by molar-refractivity contribution is 0.0916. The van der Waals surface area contributed by atoms with E-state index in [1.54, 1.807) is 33.1 Å². The van der Waals surface area contributed by atoms with Crippen molar-refractivity contribution in [1.29, 1.82) is 0 Å². The number of ether oxygens (including phenoxy) is 1. The first-order chi connectivity index (χ1) is 9.89. The number of hydrogen-bond donors (Lipinski definition) is 3. The van der Waals surface area contributed by atoms with Crippen LogP contribution in [0.2, 0.25) is 0 Å². The average molecular weight is 313 g/mol. The van der Waals surface area contributed by atoms with Gasteiger partial charge >= 0.3 is 0 Å². The smallest absolute Gasteiger partial charge is 0.241 e. The number of hydrogen-bond acceptors (Lipinski definition) is 5. The summed E-state index contributed by atoms with van der Waals surface area (Å²) in [6.45, 7) is 3.54. The van der Waals surface area contributed by atoms with Crippen LogP contribution in [0.25, 0.3) is 0 Å². The van der Waals surface area contributed by atoms with Crippen LogP contribution in [0.5, 0.6) is 0 Å². The monoisotopic (exact) mass is 313 g/mol. The first-order valence-electron chi connectivity index (χ1n) is 7.02. The minimum Gasteiger partial charge on any atom is -0.380 e. The minimum absolute atomic E-state index is 0.0506. The summed E-state index contributed by atoms with van der Waals surface area (Å²) in [5.41, 5.74) is 4.57. The largest absolute Gasteiger partial charge is 0.380 e. The molecule has 1 aliphatic rings. The van der Waals surface area contributed by atoms with Crippen molar-refractivity contribution >= 4 is 15.7 Å². The van der Waals surface area contributed by atoms with E-state index in [0.717, 1.165) is 19.3 Å². The second-order valence-corrected chi connectivity index (χ2v) is 7.17. The van der Waals surface area contributed by atoms with Gasteiger partial charge in [0.1, 0.15) is 0 Å². The van der Waals surface area contributed by atoms with Crippen molar-refractivity contribution in [3.63, 3.8) is 0 Å². The lowest BCUT2D eigenvalue weighted by Crippen LogP contribution is -2.41. The number of nitrogen functional groups attached to an aromatic ring is 1. The van der Waals surface area contributed by atoms with E-state index >= 15 is 0 Å². The maximum Gasteiger partial charge on any atom is 0.241 e. The van der Waals surface area contributed by atoms with Gasteiger partial charge in [-0.05, 0) is 56.4 Å². The third kappa shape index (κ3) is 3.37. The fraction of sp³-hybridized carbons (Fsp3) is 0.571. The fourth-order valence-electron chi connectivity index (χ4n) is 3.06. The number of rotatable bonds is 5. The predicted molar refractivity (Wildman–Crippen MR) is 82.5 cm³/mol. The van der Waals surface area contributed by atoms with Crippen molar-refractivity contribution in [2.75, 3.05) is 12.5 Å². The van der Waals surface area contributed by atoms with Crippen molar-refractivity contribution in [3.8, 4) is 0 Å². The third-order valence-corrected chi connectivity index (χ3v) is 5.75. The quantitative estimate of drug-likeness (QED) is 0.565. The number of nitrogens with one attached hydrogen (secondary N) is 2. The molecule has 6 nitrogen and oxygen atoms in total. The SMILES string of the molecule is COC1CCCC1NS(=O)(=O)c1c(C)cc(NN)cc1C. The van der Waals surface area contributed by atoms with Crippen LogP contribution in [0.1, 0.15) is 30.4 Å². The molecular weight excluding hydrogens is 290 g/mol. The molecule has 2 atom stereocenters. The number of hydrazine groups is 1. The van der Waals surface area contributed by atoms with E-state index in [4.69, 9.17) is 10.6 Å². The summed E-state index contributed by atoms with van der Waals surface area (Å²) in [5.74, 6) is 5.38. The topological polar surface area (TPSA) is 93.4 Å². The molecule has 0 radical (unpaired) electrons. The Morgan fingerprint density at radius 3 is 2.38 bits per heavy atom. The molecule has 21 heavy (non-hydrogen) atoms. The van der Waals surface area contributed by atoms with E-state index in [1.165, 1.54) is 0 Å². The molecule has 2 unspecified atom stereocenters. The summed E-state index contributed by atoms with van der Waals surface area (Å²) >= 11 is 0. The van der Waals surface area contributed by atoms with Gasteiger partial charge in [-0.15, -0.1) is 0 Å². The maximum atomic E-state index is 12.7. The zero-order valence-electron chi connectivity index (χ0n) is 12.6. The summed E-state index contributed by atoms with van der Waals surface area (Å²) in [6.07, 6.45) is 2.61. The highest BCUT2D eigenvalue weighted by Crippen LogP contribution is 2.27. The Kier molecular flexibility index (Phi) is 4.88. The molecule has 4 N–H and O–H groups in total. The molecule has 0 aliphatic heterocycles. The van der Waals surface area contributed by atoms with Crippen LogP contribution in [0.15, 0.2) is 17.0 Å². The van der Waals surface area contributed by atoms with Crippen LogP contribution >= 0.6 is 0 Å². The Morgan fingerprint density at radius 1 is 1.24 bits per heavy atom. The van der Waals surface area contributed by atoms with E-state index in [0.29, 0.717) is 21.7 Å². The highest BCUT2D eigenvalue weighted by Gasteiger charge is 2.32. The zero-order valence-corrected chi connectivity index (χ0v) is 13.5. The molecule has 1 aromatic carbocycles. The average Bonchev–Trinajstić information content (AvgIpc) is 2.83. The molecule has 1 saturated carbocycles. The number of anilines is 1. The second kappa shape index (κ2) is 6.31. The number of aryl methyl sites for hydroxylation is 2. The van der Waals surface area contributed by atoms with Crippen molar-refractivity contribution in [2.24, 2.45) is 5.84 Å². The molecule has 0 heterocycles. The van der Waals surface area contributed by atoms with E-state index in [9.17, 15) is 8.42 Å². The van der Waals surface area contributed by atoms with Gasteiger partial charge < -0.3 is 10.2 Å². The van der Waals surface area contributed by atoms with Gasteiger partial charge in [-0.3, -0.25) is 5.84 Å². The van der Waals surface area contributed by atoms with E-state index in [-0.39, 0.29) is 12.1 Å². The number of sulfonamides is 1. The molecule has 7 heteroatoms. The maximum absolute atomic E-state index is 12.7. The summed E-state index contributed by atoms with van der Waals surface area (Å²) in [7, 11) is -1.95. The van der Waals surface area contributed by atoms with Crippen LogP contribution in [-0.4, -0.2) is 27.7 Å². The number of methoxy groups -OCH3 is 1. The van der Waals surface area contributed by atoms with E-state index < -0.39 is 10.0 Å². The van der Waals surface area contributed by atoms with Gasteiger partial charge in [-0.2, -0.15) is 0 Å². The van der Waals surface area contributed by atoms with E-state index in [1.807, 2.05) is 0 Å². The van der Waals surface area contributed by atoms with Gasteiger partial charge in [0.25, 0.3) is 0 Å². The molecule has 2 rings (SSSR count). The van der Waals surface area contributed by atoms with Crippen LogP contribution in [0, 0.1) is 13.8 Å². The summed E-state index contributed by atoms with van der Waals surface area (Å²) < 4.78 is 33.5. The van der Waals surface area contributed by atoms with Crippen LogP contribution < -0.4 is 16.0 Å². The normalized spacial score (nSPS) is 22.5. The van der Waals surface area contributed by atoms with Crippen LogP contribution in [0.3, 0.4) is 0 Å². The van der Waals surface area contributed by atoms with Crippen molar-refractivity contribution in [1.82, 2.24) is 4.72 Å². The third-order valence-electron chi connectivity index (χ3n) is 3.96. The number of benzene rings is 1. The predicted octanol–water partition coefficient (Wildman–Crippen LogP) is 1.43. The van der Waals surface area contributed by atoms with Gasteiger partial charge in [0.15, 0.2) is 0 Å². The van der Waals surface area contributed by atoms with Gasteiger partial charge in [-0.1, -0.05) is 0 Å². The molecule has 1 aromatic rings. The first-order valence-corrected chi connectivity index (χ1v) is 8.50. The Morgan fingerprint density at radius 2 is 1.86 bits per heavy atom. The van der Waals surface area contributed by atoms with Crippen molar-refractivity contribution < 1.29 is 13.2 Å². The Labute approximate surface area is 126 Å². The lowest BCUT2D eigenvalue weighted by atomic mass is 10.1. The summed E-state index contributed by atoms with van der Waals surface area (Å²) in [6, 6.07) is 3.29. The molecule has 118 valence electrons. The van der Waals surface area contributed by atoms with Crippen molar-refractivity contribution in [3.05, 3.63) is 23.3 Å². The Bertz CT molecular complexity index is 593. The molecule has 1 aliphatic carbocycles. The first kappa shape index (κ1) is 16.2. The summed E-state index contributed by atoms with van der Waals surface area (Å²) in [5, 5.41) is 0. The van der Waals surface area contributed by atoms with Gasteiger partial charge in [0.05, 0.1) is 11.0 Å². The Balaban J connectivity index is 2.32. The molecular formula is C14H23N3O3S. The van der Waals surface area contributed by atoms with Gasteiger partial charge in [0.2, 0.25) is 10.0 Å². The molecule has 0 amide bonds. The number of nitrogens with two attached hydrogens (primary N) is 1. The molecule has 1 fully saturated rings. The van der Waals surface area contributed by atoms with Gasteiger partial charge in [-0.25, -0.2) is 13.1 Å². The minimum atomic E-state index is -3.57. The lowest BCUT2D eigenvalue weighted by Gasteiger charge is -2.21. The highest BCUT2D eigenvalue weighted by atomic mass is 32.2. The second-order valence-electron chi connectivity index (χ2n) is 5.52. The molecule has 0 saturated heterocycles. The Hall–Kier alpha value is -1.15. The summed E-state index contributed by atoms with van der Waals surface area (Å²) in [4.78, 5) is 0.322. The highest BCUT2D eigenvalue weighted by molar-refractivity contribution is 7.89. The van der Waals surface area contributed by atoms with Gasteiger partial charge in [0, 0.05) is 18.8 Å².